The van der Waals surface area contributed by atoms with Gasteiger partial charge < -0.3 is 21.7 Å². The number of amides is 2. The second-order valence-corrected chi connectivity index (χ2v) is 7.14. The Hall–Kier alpha value is -4.30. The van der Waals surface area contributed by atoms with Crippen LogP contribution in [0.5, 0.6) is 11.8 Å². The molecule has 0 aliphatic rings. The van der Waals surface area contributed by atoms with E-state index < -0.39 is 34.7 Å². The Labute approximate surface area is 189 Å². The number of pyridine rings is 2. The SMILES string of the molecule is CCn1c(O)c(C(N)=O)c(C)c(C=C=CC=Cc2c(C)c(C(N)=O)c(O)n(CC)c2=O)c1=O. The van der Waals surface area contributed by atoms with Crippen molar-refractivity contribution in [1.29, 1.82) is 0 Å². The summed E-state index contributed by atoms with van der Waals surface area (Å²) in [6.45, 7) is 6.52. The fourth-order valence-electron chi connectivity index (χ4n) is 3.55. The largest absolute Gasteiger partial charge is 0.494 e. The summed E-state index contributed by atoms with van der Waals surface area (Å²) < 4.78 is 2.06. The van der Waals surface area contributed by atoms with Crippen molar-refractivity contribution in [2.24, 2.45) is 11.5 Å². The third-order valence-electron chi connectivity index (χ3n) is 5.28. The van der Waals surface area contributed by atoms with Gasteiger partial charge in [-0.15, -0.1) is 5.73 Å². The van der Waals surface area contributed by atoms with Gasteiger partial charge in [-0.05, 0) is 57.0 Å². The highest BCUT2D eigenvalue weighted by Crippen LogP contribution is 2.23. The van der Waals surface area contributed by atoms with Gasteiger partial charge in [0.05, 0.1) is 5.56 Å². The average Bonchev–Trinajstić information content (AvgIpc) is 2.72. The maximum atomic E-state index is 12.6. The normalized spacial score (nSPS) is 10.8. The molecule has 0 aromatic carbocycles. The molecule has 0 bridgehead atoms. The van der Waals surface area contributed by atoms with Crippen LogP contribution in [0.2, 0.25) is 0 Å². The Morgan fingerprint density at radius 3 is 1.73 bits per heavy atom. The monoisotopic (exact) mass is 454 g/mol. The summed E-state index contributed by atoms with van der Waals surface area (Å²) in [5.41, 5.74) is 12.9. The molecular formula is C23H26N4O6. The zero-order valence-electron chi connectivity index (χ0n) is 18.8. The van der Waals surface area contributed by atoms with Gasteiger partial charge in [0, 0.05) is 18.7 Å². The lowest BCUT2D eigenvalue weighted by atomic mass is 10.0. The molecule has 0 radical (unpaired) electrons. The molecule has 0 unspecified atom stereocenters. The number of nitrogens with zero attached hydrogens (tertiary/aromatic N) is 2. The molecule has 6 N–H and O–H groups in total. The van der Waals surface area contributed by atoms with Gasteiger partial charge in [-0.2, -0.15) is 0 Å². The smallest absolute Gasteiger partial charge is 0.261 e. The van der Waals surface area contributed by atoms with E-state index in [-0.39, 0.29) is 46.5 Å². The molecule has 10 heteroatoms. The van der Waals surface area contributed by atoms with Crippen LogP contribution < -0.4 is 22.6 Å². The molecule has 0 spiro atoms. The summed E-state index contributed by atoms with van der Waals surface area (Å²) >= 11 is 0. The van der Waals surface area contributed by atoms with E-state index in [0.717, 1.165) is 9.13 Å². The molecule has 174 valence electrons. The van der Waals surface area contributed by atoms with Gasteiger partial charge in [0.1, 0.15) is 11.1 Å². The lowest BCUT2D eigenvalue weighted by Gasteiger charge is -2.13. The molecule has 0 fully saturated rings. The Balaban J connectivity index is 2.59. The maximum absolute atomic E-state index is 12.6. The number of hydrogen-bond donors (Lipinski definition) is 4. The molecule has 33 heavy (non-hydrogen) atoms. The first-order valence-corrected chi connectivity index (χ1v) is 10.1. The number of aromatic hydroxyl groups is 2. The molecule has 0 saturated carbocycles. The van der Waals surface area contributed by atoms with Gasteiger partial charge in [-0.1, -0.05) is 6.08 Å². The number of carbonyl (C=O) groups excluding carboxylic acids is 2. The van der Waals surface area contributed by atoms with Crippen LogP contribution >= 0.6 is 0 Å². The standard InChI is InChI=1S/C23H26N4O6/c1-5-26-20(30)14(12(3)16(18(24)28)22(26)32)10-8-7-9-11-15-13(4)17(19(25)29)23(33)27(6-2)21(15)31/h7-8,10-11,32-33H,5-6H2,1-4H3,(H2,24,28)(H2,25,29). The minimum atomic E-state index is -0.869. The molecule has 0 atom stereocenters. The zero-order chi connectivity index (χ0) is 25.0. The van der Waals surface area contributed by atoms with Crippen molar-refractivity contribution in [2.75, 3.05) is 0 Å². The van der Waals surface area contributed by atoms with Crippen LogP contribution in [0, 0.1) is 13.8 Å². The third-order valence-corrected chi connectivity index (χ3v) is 5.28. The summed E-state index contributed by atoms with van der Waals surface area (Å²) in [6.07, 6.45) is 5.64. The summed E-state index contributed by atoms with van der Waals surface area (Å²) in [4.78, 5) is 48.7. The first-order valence-electron chi connectivity index (χ1n) is 10.1. The Morgan fingerprint density at radius 1 is 0.879 bits per heavy atom. The van der Waals surface area contributed by atoms with E-state index in [1.165, 1.54) is 38.2 Å². The van der Waals surface area contributed by atoms with Crippen molar-refractivity contribution in [3.05, 3.63) is 72.0 Å². The summed E-state index contributed by atoms with van der Waals surface area (Å²) in [5, 5.41) is 20.4. The number of carbonyl (C=O) groups is 2. The minimum Gasteiger partial charge on any atom is -0.494 e. The quantitative estimate of drug-likeness (QED) is 0.361. The second kappa shape index (κ2) is 9.88. The summed E-state index contributed by atoms with van der Waals surface area (Å²) in [6, 6.07) is 0. The predicted molar refractivity (Wildman–Crippen MR) is 124 cm³/mol. The van der Waals surface area contributed by atoms with Gasteiger partial charge in [-0.3, -0.25) is 28.3 Å². The molecule has 0 saturated heterocycles. The highest BCUT2D eigenvalue weighted by molar-refractivity contribution is 5.98. The van der Waals surface area contributed by atoms with E-state index in [1.807, 2.05) is 0 Å². The Bertz CT molecular complexity index is 1350. The van der Waals surface area contributed by atoms with E-state index in [2.05, 4.69) is 5.73 Å². The number of rotatable bonds is 7. The molecule has 10 nitrogen and oxygen atoms in total. The molecule has 2 aromatic rings. The van der Waals surface area contributed by atoms with Gasteiger partial charge >= 0.3 is 0 Å². The Morgan fingerprint density at radius 2 is 1.30 bits per heavy atom. The van der Waals surface area contributed by atoms with Crippen molar-refractivity contribution in [3.8, 4) is 11.8 Å². The van der Waals surface area contributed by atoms with E-state index in [4.69, 9.17) is 11.5 Å². The van der Waals surface area contributed by atoms with Crippen LogP contribution in [-0.2, 0) is 13.1 Å². The second-order valence-electron chi connectivity index (χ2n) is 7.14. The first-order chi connectivity index (χ1) is 15.5. The molecule has 2 rings (SSSR count). The Kier molecular flexibility index (Phi) is 7.48. The number of nitrogens with two attached hydrogens (primary N) is 2. The van der Waals surface area contributed by atoms with Crippen LogP contribution in [0.4, 0.5) is 0 Å². The number of primary amides is 2. The summed E-state index contributed by atoms with van der Waals surface area (Å²) in [7, 11) is 0. The van der Waals surface area contributed by atoms with Gasteiger partial charge in [0.25, 0.3) is 22.9 Å². The number of allylic oxidation sites excluding steroid dienone is 2. The van der Waals surface area contributed by atoms with Gasteiger partial charge in [0.15, 0.2) is 0 Å². The van der Waals surface area contributed by atoms with Gasteiger partial charge in [-0.25, -0.2) is 0 Å². The highest BCUT2D eigenvalue weighted by atomic mass is 16.3. The molecule has 2 heterocycles. The van der Waals surface area contributed by atoms with Crippen molar-refractivity contribution in [2.45, 2.75) is 40.8 Å². The molecule has 0 aliphatic heterocycles. The van der Waals surface area contributed by atoms with Crippen LogP contribution in [0.25, 0.3) is 12.2 Å². The van der Waals surface area contributed by atoms with Crippen LogP contribution in [0.15, 0.2) is 27.5 Å². The lowest BCUT2D eigenvalue weighted by molar-refractivity contribution is 0.0986. The summed E-state index contributed by atoms with van der Waals surface area (Å²) in [5.74, 6) is -2.71. The van der Waals surface area contributed by atoms with Gasteiger partial charge in [0.2, 0.25) is 11.8 Å². The minimum absolute atomic E-state index is 0.123. The topological polar surface area (TPSA) is 171 Å². The molecule has 0 aliphatic carbocycles. The average molecular weight is 454 g/mol. The maximum Gasteiger partial charge on any atom is 0.261 e. The highest BCUT2D eigenvalue weighted by Gasteiger charge is 2.21. The van der Waals surface area contributed by atoms with Crippen molar-refractivity contribution in [3.63, 3.8) is 0 Å². The van der Waals surface area contributed by atoms with E-state index in [9.17, 15) is 29.4 Å². The fourth-order valence-corrected chi connectivity index (χ4v) is 3.55. The van der Waals surface area contributed by atoms with E-state index in [1.54, 1.807) is 13.8 Å². The zero-order valence-corrected chi connectivity index (χ0v) is 18.8. The predicted octanol–water partition coefficient (Wildman–Crippen LogP) is 1.16. The number of aromatic nitrogens is 2. The number of hydrogen-bond acceptors (Lipinski definition) is 6. The van der Waals surface area contributed by atoms with Crippen LogP contribution in [0.3, 0.4) is 0 Å². The van der Waals surface area contributed by atoms with E-state index in [0.29, 0.717) is 0 Å². The molecule has 2 amide bonds. The van der Waals surface area contributed by atoms with Crippen LogP contribution in [0.1, 0.15) is 56.8 Å². The third kappa shape index (κ3) is 4.51. The van der Waals surface area contributed by atoms with Crippen LogP contribution in [-0.4, -0.2) is 31.2 Å². The van der Waals surface area contributed by atoms with E-state index >= 15 is 0 Å². The van der Waals surface area contributed by atoms with Crippen molar-refractivity contribution < 1.29 is 19.8 Å². The molecular weight excluding hydrogens is 428 g/mol. The van der Waals surface area contributed by atoms with Crippen molar-refractivity contribution >= 4 is 24.0 Å². The first kappa shape index (κ1) is 25.0. The molecule has 2 aromatic heterocycles. The lowest BCUT2D eigenvalue weighted by Crippen LogP contribution is -2.27. The van der Waals surface area contributed by atoms with Crippen molar-refractivity contribution in [1.82, 2.24) is 9.13 Å². The fraction of sp³-hybridized carbons (Fsp3) is 0.261.